The molecule has 1 amide bonds. The predicted octanol–water partition coefficient (Wildman–Crippen LogP) is 1.94. The summed E-state index contributed by atoms with van der Waals surface area (Å²) in [4.78, 5) is 18.9. The standard InChI is InChI=1S/C15H21N3O/c16-10-13-9-12(6-7-17-13)15(19)18-8-2-4-11-3-1-5-14(11)18/h6-7,9,11,14H,1-5,8,10,16H2. The maximum absolute atomic E-state index is 12.7. The molecule has 19 heavy (non-hydrogen) atoms. The summed E-state index contributed by atoms with van der Waals surface area (Å²) in [5.74, 6) is 0.891. The molecule has 1 aromatic rings. The number of hydrogen-bond acceptors (Lipinski definition) is 3. The minimum absolute atomic E-state index is 0.161. The van der Waals surface area contributed by atoms with Crippen LogP contribution in [0.5, 0.6) is 0 Å². The van der Waals surface area contributed by atoms with E-state index < -0.39 is 0 Å². The van der Waals surface area contributed by atoms with Crippen LogP contribution in [0.25, 0.3) is 0 Å². The van der Waals surface area contributed by atoms with Gasteiger partial charge in [-0.25, -0.2) is 0 Å². The van der Waals surface area contributed by atoms with Crippen molar-refractivity contribution in [2.24, 2.45) is 11.7 Å². The third-order valence-corrected chi connectivity index (χ3v) is 4.53. The van der Waals surface area contributed by atoms with Crippen LogP contribution in [0, 0.1) is 5.92 Å². The van der Waals surface area contributed by atoms with Gasteiger partial charge in [-0.05, 0) is 43.7 Å². The number of hydrogen-bond donors (Lipinski definition) is 1. The molecule has 102 valence electrons. The smallest absolute Gasteiger partial charge is 0.254 e. The number of pyridine rings is 1. The fraction of sp³-hybridized carbons (Fsp3) is 0.600. The molecule has 1 saturated heterocycles. The number of aromatic nitrogens is 1. The van der Waals surface area contributed by atoms with Crippen LogP contribution in [-0.2, 0) is 6.54 Å². The first-order valence-electron chi connectivity index (χ1n) is 7.25. The van der Waals surface area contributed by atoms with Crippen molar-refractivity contribution in [2.75, 3.05) is 6.54 Å². The zero-order chi connectivity index (χ0) is 13.2. The van der Waals surface area contributed by atoms with E-state index in [1.807, 2.05) is 6.07 Å². The van der Waals surface area contributed by atoms with Crippen molar-refractivity contribution in [1.29, 1.82) is 0 Å². The summed E-state index contributed by atoms with van der Waals surface area (Å²) in [6, 6.07) is 4.11. The van der Waals surface area contributed by atoms with Gasteiger partial charge < -0.3 is 10.6 Å². The van der Waals surface area contributed by atoms with E-state index in [0.717, 1.165) is 30.1 Å². The second-order valence-electron chi connectivity index (χ2n) is 5.64. The first-order chi connectivity index (χ1) is 9.29. The Morgan fingerprint density at radius 3 is 3.05 bits per heavy atom. The average Bonchev–Trinajstić information content (AvgIpc) is 2.95. The van der Waals surface area contributed by atoms with Gasteiger partial charge in [0.15, 0.2) is 0 Å². The second kappa shape index (κ2) is 5.29. The van der Waals surface area contributed by atoms with Crippen LogP contribution in [0.1, 0.15) is 48.2 Å². The van der Waals surface area contributed by atoms with E-state index in [2.05, 4.69) is 9.88 Å². The topological polar surface area (TPSA) is 59.2 Å². The van der Waals surface area contributed by atoms with Gasteiger partial charge in [-0.3, -0.25) is 9.78 Å². The fourth-order valence-electron chi connectivity index (χ4n) is 3.59. The van der Waals surface area contributed by atoms with E-state index in [9.17, 15) is 4.79 Å². The molecule has 1 aromatic heterocycles. The van der Waals surface area contributed by atoms with Crippen LogP contribution >= 0.6 is 0 Å². The van der Waals surface area contributed by atoms with E-state index >= 15 is 0 Å². The van der Waals surface area contributed by atoms with Crippen molar-refractivity contribution in [3.63, 3.8) is 0 Å². The van der Waals surface area contributed by atoms with Crippen LogP contribution < -0.4 is 5.73 Å². The minimum atomic E-state index is 0.161. The third-order valence-electron chi connectivity index (χ3n) is 4.53. The second-order valence-corrected chi connectivity index (χ2v) is 5.64. The Balaban J connectivity index is 1.82. The highest BCUT2D eigenvalue weighted by Crippen LogP contribution is 2.37. The van der Waals surface area contributed by atoms with Gasteiger partial charge in [0.05, 0.1) is 5.69 Å². The molecule has 1 saturated carbocycles. The van der Waals surface area contributed by atoms with Gasteiger partial charge in [-0.2, -0.15) is 0 Å². The number of carbonyl (C=O) groups excluding carboxylic acids is 1. The van der Waals surface area contributed by atoms with Gasteiger partial charge in [0.2, 0.25) is 0 Å². The Morgan fingerprint density at radius 1 is 1.37 bits per heavy atom. The van der Waals surface area contributed by atoms with Crippen molar-refractivity contribution in [3.8, 4) is 0 Å². The highest BCUT2D eigenvalue weighted by atomic mass is 16.2. The maximum atomic E-state index is 12.7. The van der Waals surface area contributed by atoms with Crippen LogP contribution in [-0.4, -0.2) is 28.4 Å². The number of fused-ring (bicyclic) bond motifs is 1. The summed E-state index contributed by atoms with van der Waals surface area (Å²) in [7, 11) is 0. The molecule has 0 aromatic carbocycles. The minimum Gasteiger partial charge on any atom is -0.335 e. The van der Waals surface area contributed by atoms with Gasteiger partial charge in [-0.1, -0.05) is 6.42 Å². The molecule has 2 N–H and O–H groups in total. The van der Waals surface area contributed by atoms with E-state index in [-0.39, 0.29) is 5.91 Å². The first-order valence-corrected chi connectivity index (χ1v) is 7.25. The number of rotatable bonds is 2. The summed E-state index contributed by atoms with van der Waals surface area (Å²) in [6.45, 7) is 1.29. The van der Waals surface area contributed by atoms with E-state index in [0.29, 0.717) is 12.6 Å². The molecule has 2 atom stereocenters. The lowest BCUT2D eigenvalue weighted by Crippen LogP contribution is -2.46. The van der Waals surface area contributed by atoms with Gasteiger partial charge in [0.1, 0.15) is 0 Å². The van der Waals surface area contributed by atoms with Crippen molar-refractivity contribution in [1.82, 2.24) is 9.88 Å². The van der Waals surface area contributed by atoms with Crippen LogP contribution in [0.2, 0.25) is 0 Å². The zero-order valence-corrected chi connectivity index (χ0v) is 11.2. The molecule has 4 nitrogen and oxygen atoms in total. The fourth-order valence-corrected chi connectivity index (χ4v) is 3.59. The maximum Gasteiger partial charge on any atom is 0.254 e. The van der Waals surface area contributed by atoms with Crippen molar-refractivity contribution >= 4 is 5.91 Å². The lowest BCUT2D eigenvalue weighted by Gasteiger charge is -2.37. The molecule has 1 aliphatic heterocycles. The molecule has 0 spiro atoms. The van der Waals surface area contributed by atoms with Crippen LogP contribution in [0.4, 0.5) is 0 Å². The summed E-state index contributed by atoms with van der Waals surface area (Å²) in [5, 5.41) is 0. The summed E-state index contributed by atoms with van der Waals surface area (Å²) < 4.78 is 0. The molecular formula is C15H21N3O. The van der Waals surface area contributed by atoms with Gasteiger partial charge in [0.25, 0.3) is 5.91 Å². The molecule has 2 unspecified atom stereocenters. The molecule has 0 bridgehead atoms. The monoisotopic (exact) mass is 259 g/mol. The Bertz CT molecular complexity index is 474. The summed E-state index contributed by atoms with van der Waals surface area (Å²) >= 11 is 0. The number of amides is 1. The van der Waals surface area contributed by atoms with Crippen molar-refractivity contribution in [3.05, 3.63) is 29.6 Å². The molecular weight excluding hydrogens is 238 g/mol. The largest absolute Gasteiger partial charge is 0.335 e. The van der Waals surface area contributed by atoms with Crippen molar-refractivity contribution < 1.29 is 4.79 Å². The average molecular weight is 259 g/mol. The summed E-state index contributed by atoms with van der Waals surface area (Å²) in [5.41, 5.74) is 7.12. The Morgan fingerprint density at radius 2 is 2.21 bits per heavy atom. The van der Waals surface area contributed by atoms with Crippen LogP contribution in [0.3, 0.4) is 0 Å². The number of likely N-dealkylation sites (tertiary alicyclic amines) is 1. The number of nitrogens with two attached hydrogens (primary N) is 1. The Labute approximate surface area is 114 Å². The van der Waals surface area contributed by atoms with E-state index in [1.54, 1.807) is 12.3 Å². The lowest BCUT2D eigenvalue weighted by atomic mass is 9.91. The first kappa shape index (κ1) is 12.6. The lowest BCUT2D eigenvalue weighted by molar-refractivity contribution is 0.0548. The number of piperidine rings is 1. The SMILES string of the molecule is NCc1cc(C(=O)N2CCCC3CCCC32)ccn1. The third kappa shape index (κ3) is 2.37. The molecule has 2 fully saturated rings. The highest BCUT2D eigenvalue weighted by molar-refractivity contribution is 5.94. The molecule has 2 aliphatic rings. The Kier molecular flexibility index (Phi) is 3.51. The van der Waals surface area contributed by atoms with Crippen molar-refractivity contribution in [2.45, 2.75) is 44.7 Å². The normalized spacial score (nSPS) is 26.3. The molecule has 2 heterocycles. The predicted molar refractivity (Wildman–Crippen MR) is 73.5 cm³/mol. The quantitative estimate of drug-likeness (QED) is 0.883. The number of carbonyl (C=O) groups is 1. The zero-order valence-electron chi connectivity index (χ0n) is 11.2. The summed E-state index contributed by atoms with van der Waals surface area (Å²) in [6.07, 6.45) is 7.85. The van der Waals surface area contributed by atoms with Gasteiger partial charge >= 0.3 is 0 Å². The molecule has 4 heteroatoms. The van der Waals surface area contributed by atoms with E-state index in [1.165, 1.54) is 25.7 Å². The molecule has 1 aliphatic carbocycles. The van der Waals surface area contributed by atoms with Gasteiger partial charge in [-0.15, -0.1) is 0 Å². The Hall–Kier alpha value is -1.42. The number of nitrogens with zero attached hydrogens (tertiary/aromatic N) is 2. The van der Waals surface area contributed by atoms with Crippen LogP contribution in [0.15, 0.2) is 18.3 Å². The highest BCUT2D eigenvalue weighted by Gasteiger charge is 2.37. The van der Waals surface area contributed by atoms with Gasteiger partial charge in [0, 0.05) is 30.9 Å². The molecule has 0 radical (unpaired) electrons. The van der Waals surface area contributed by atoms with E-state index in [4.69, 9.17) is 5.73 Å². The molecule has 3 rings (SSSR count).